The first-order valence-electron chi connectivity index (χ1n) is 6.90. The fraction of sp³-hybridized carbons (Fsp3) is 0.118. The van der Waals surface area contributed by atoms with Crippen molar-refractivity contribution in [3.63, 3.8) is 0 Å². The molecule has 22 heavy (non-hydrogen) atoms. The Bertz CT molecular complexity index is 809. The lowest BCUT2D eigenvalue weighted by atomic mass is 10.1. The van der Waals surface area contributed by atoms with Crippen LogP contribution in [0.5, 0.6) is 0 Å². The summed E-state index contributed by atoms with van der Waals surface area (Å²) >= 11 is 6.21. The van der Waals surface area contributed by atoms with Crippen LogP contribution in [0.25, 0.3) is 16.9 Å². The van der Waals surface area contributed by atoms with Crippen molar-refractivity contribution in [2.24, 2.45) is 5.73 Å². The van der Waals surface area contributed by atoms with Gasteiger partial charge in [-0.25, -0.2) is 9.07 Å². The molecule has 1 heterocycles. The number of aromatic nitrogens is 2. The van der Waals surface area contributed by atoms with E-state index in [4.69, 9.17) is 17.3 Å². The number of nitrogens with zero attached hydrogens (tertiary/aromatic N) is 2. The first-order valence-corrected chi connectivity index (χ1v) is 7.28. The van der Waals surface area contributed by atoms with Crippen LogP contribution in [0.2, 0.25) is 5.02 Å². The van der Waals surface area contributed by atoms with Gasteiger partial charge in [-0.15, -0.1) is 0 Å². The Morgan fingerprint density at radius 2 is 1.91 bits per heavy atom. The number of nitrogens with two attached hydrogens (primary N) is 1. The highest BCUT2D eigenvalue weighted by atomic mass is 35.5. The highest BCUT2D eigenvalue weighted by molar-refractivity contribution is 6.31. The van der Waals surface area contributed by atoms with Crippen LogP contribution in [0, 0.1) is 12.7 Å². The fourth-order valence-corrected chi connectivity index (χ4v) is 2.53. The van der Waals surface area contributed by atoms with Crippen LogP contribution in [-0.2, 0) is 6.54 Å². The maximum absolute atomic E-state index is 13.2. The molecule has 0 fully saturated rings. The summed E-state index contributed by atoms with van der Waals surface area (Å²) in [7, 11) is 0. The molecule has 0 amide bonds. The van der Waals surface area contributed by atoms with Crippen molar-refractivity contribution in [1.29, 1.82) is 0 Å². The molecule has 112 valence electrons. The SMILES string of the molecule is Cc1c(Cl)cccc1-n1nc(CN)cc1-c1ccc(F)cc1. The van der Waals surface area contributed by atoms with Gasteiger partial charge < -0.3 is 5.73 Å². The Balaban J connectivity index is 2.21. The molecule has 0 aliphatic heterocycles. The van der Waals surface area contributed by atoms with E-state index in [1.165, 1.54) is 12.1 Å². The van der Waals surface area contributed by atoms with Crippen LogP contribution in [0.4, 0.5) is 4.39 Å². The normalized spacial score (nSPS) is 10.9. The molecule has 0 atom stereocenters. The predicted molar refractivity (Wildman–Crippen MR) is 86.6 cm³/mol. The topological polar surface area (TPSA) is 43.8 Å². The molecule has 5 heteroatoms. The maximum atomic E-state index is 13.2. The van der Waals surface area contributed by atoms with Gasteiger partial charge in [0.1, 0.15) is 5.82 Å². The average molecular weight is 316 g/mol. The summed E-state index contributed by atoms with van der Waals surface area (Å²) in [5, 5.41) is 5.21. The number of rotatable bonds is 3. The van der Waals surface area contributed by atoms with Crippen LogP contribution in [0.15, 0.2) is 48.5 Å². The highest BCUT2D eigenvalue weighted by Gasteiger charge is 2.14. The van der Waals surface area contributed by atoms with E-state index in [0.717, 1.165) is 28.2 Å². The van der Waals surface area contributed by atoms with E-state index in [1.807, 2.05) is 31.2 Å². The Morgan fingerprint density at radius 1 is 1.18 bits per heavy atom. The van der Waals surface area contributed by atoms with Crippen LogP contribution in [0.1, 0.15) is 11.3 Å². The number of benzene rings is 2. The van der Waals surface area contributed by atoms with Gasteiger partial charge in [0.15, 0.2) is 0 Å². The second-order valence-electron chi connectivity index (χ2n) is 5.03. The van der Waals surface area contributed by atoms with Gasteiger partial charge in [0.2, 0.25) is 0 Å². The lowest BCUT2D eigenvalue weighted by Crippen LogP contribution is -2.03. The molecule has 3 rings (SSSR count). The van der Waals surface area contributed by atoms with E-state index >= 15 is 0 Å². The van der Waals surface area contributed by atoms with Crippen LogP contribution in [-0.4, -0.2) is 9.78 Å². The predicted octanol–water partition coefficient (Wildman–Crippen LogP) is 4.10. The summed E-state index contributed by atoms with van der Waals surface area (Å²) in [6, 6.07) is 13.9. The molecule has 2 aromatic carbocycles. The van der Waals surface area contributed by atoms with Crippen molar-refractivity contribution in [2.75, 3.05) is 0 Å². The summed E-state index contributed by atoms with van der Waals surface area (Å²) in [6.45, 7) is 2.27. The smallest absolute Gasteiger partial charge is 0.123 e. The van der Waals surface area contributed by atoms with Crippen molar-refractivity contribution >= 4 is 11.6 Å². The van der Waals surface area contributed by atoms with Gasteiger partial charge in [0.05, 0.1) is 17.1 Å². The van der Waals surface area contributed by atoms with E-state index in [-0.39, 0.29) is 5.82 Å². The van der Waals surface area contributed by atoms with E-state index in [1.54, 1.807) is 16.8 Å². The molecule has 0 aliphatic rings. The third-order valence-electron chi connectivity index (χ3n) is 3.58. The second kappa shape index (κ2) is 5.91. The lowest BCUT2D eigenvalue weighted by molar-refractivity contribution is 0.628. The molecule has 1 aromatic heterocycles. The Kier molecular flexibility index (Phi) is 3.96. The van der Waals surface area contributed by atoms with Gasteiger partial charge in [-0.05, 0) is 55.0 Å². The van der Waals surface area contributed by atoms with E-state index in [9.17, 15) is 4.39 Å². The zero-order chi connectivity index (χ0) is 15.7. The van der Waals surface area contributed by atoms with Gasteiger partial charge in [-0.2, -0.15) is 5.10 Å². The molecule has 2 N–H and O–H groups in total. The lowest BCUT2D eigenvalue weighted by Gasteiger charge is -2.11. The van der Waals surface area contributed by atoms with Crippen molar-refractivity contribution in [3.8, 4) is 16.9 Å². The molecule has 0 unspecified atom stereocenters. The van der Waals surface area contributed by atoms with Gasteiger partial charge >= 0.3 is 0 Å². The quantitative estimate of drug-likeness (QED) is 0.791. The molecule has 0 radical (unpaired) electrons. The molecular weight excluding hydrogens is 301 g/mol. The molecule has 0 bridgehead atoms. The third-order valence-corrected chi connectivity index (χ3v) is 3.99. The summed E-state index contributed by atoms with van der Waals surface area (Å²) in [5.41, 5.74) is 10.0. The minimum absolute atomic E-state index is 0.271. The zero-order valence-corrected chi connectivity index (χ0v) is 12.8. The van der Waals surface area contributed by atoms with Crippen molar-refractivity contribution in [1.82, 2.24) is 9.78 Å². The Hall–Kier alpha value is -2.17. The van der Waals surface area contributed by atoms with Crippen LogP contribution in [0.3, 0.4) is 0 Å². The minimum atomic E-state index is -0.271. The summed E-state index contributed by atoms with van der Waals surface area (Å²) in [6.07, 6.45) is 0. The van der Waals surface area contributed by atoms with Crippen molar-refractivity contribution in [2.45, 2.75) is 13.5 Å². The molecular formula is C17H15ClFN3. The van der Waals surface area contributed by atoms with Gasteiger partial charge in [-0.1, -0.05) is 17.7 Å². The number of hydrogen-bond donors (Lipinski definition) is 1. The van der Waals surface area contributed by atoms with E-state index in [2.05, 4.69) is 5.10 Å². The maximum Gasteiger partial charge on any atom is 0.123 e. The Labute approximate surface area is 133 Å². The summed E-state index contributed by atoms with van der Waals surface area (Å²) in [5.74, 6) is -0.271. The van der Waals surface area contributed by atoms with Crippen molar-refractivity contribution in [3.05, 3.63) is 70.6 Å². The van der Waals surface area contributed by atoms with Gasteiger partial charge in [-0.3, -0.25) is 0 Å². The zero-order valence-electron chi connectivity index (χ0n) is 12.1. The average Bonchev–Trinajstić information content (AvgIpc) is 2.95. The minimum Gasteiger partial charge on any atom is -0.325 e. The number of hydrogen-bond acceptors (Lipinski definition) is 2. The van der Waals surface area contributed by atoms with Crippen LogP contribution < -0.4 is 5.73 Å². The molecule has 3 nitrogen and oxygen atoms in total. The van der Waals surface area contributed by atoms with Crippen molar-refractivity contribution < 1.29 is 4.39 Å². The first kappa shape index (κ1) is 14.8. The monoisotopic (exact) mass is 315 g/mol. The van der Waals surface area contributed by atoms with E-state index in [0.29, 0.717) is 11.6 Å². The third kappa shape index (κ3) is 2.63. The first-order chi connectivity index (χ1) is 10.6. The molecule has 0 saturated carbocycles. The largest absolute Gasteiger partial charge is 0.325 e. The van der Waals surface area contributed by atoms with Gasteiger partial charge in [0.25, 0.3) is 0 Å². The number of halogens is 2. The van der Waals surface area contributed by atoms with E-state index < -0.39 is 0 Å². The second-order valence-corrected chi connectivity index (χ2v) is 5.43. The molecule has 0 aliphatic carbocycles. The summed E-state index contributed by atoms with van der Waals surface area (Å²) in [4.78, 5) is 0. The highest BCUT2D eigenvalue weighted by Crippen LogP contribution is 2.28. The fourth-order valence-electron chi connectivity index (χ4n) is 2.37. The Morgan fingerprint density at radius 3 is 2.59 bits per heavy atom. The molecule has 0 spiro atoms. The molecule has 0 saturated heterocycles. The molecule has 3 aromatic rings. The standard InChI is InChI=1S/C17H15ClFN3/c1-11-15(18)3-2-4-16(11)22-17(9-14(10-20)21-22)12-5-7-13(19)8-6-12/h2-9H,10,20H2,1H3. The summed E-state index contributed by atoms with van der Waals surface area (Å²) < 4.78 is 15.0. The van der Waals surface area contributed by atoms with Crippen LogP contribution >= 0.6 is 11.6 Å². The van der Waals surface area contributed by atoms with Gasteiger partial charge in [0, 0.05) is 17.1 Å².